The van der Waals surface area contributed by atoms with E-state index < -0.39 is 42.3 Å². The molecule has 4 N–H and O–H groups in total. The third-order valence-corrected chi connectivity index (χ3v) is 2.40. The Morgan fingerprint density at radius 3 is 2.25 bits per heavy atom. The van der Waals surface area contributed by atoms with Crippen LogP contribution in [0.25, 0.3) is 0 Å². The molecule has 0 aromatic rings. The molecular formula is C11H18N2O7. The number of nitrogens with one attached hydrogen (secondary N) is 1. The van der Waals surface area contributed by atoms with Crippen LogP contribution in [0, 0.1) is 0 Å². The van der Waals surface area contributed by atoms with Gasteiger partial charge in [-0.05, 0) is 6.42 Å². The number of aliphatic carboxylic acids is 1. The molecule has 0 bridgehead atoms. The molecule has 0 saturated heterocycles. The fraction of sp³-hybridized carbons (Fsp3) is 0.636. The van der Waals surface area contributed by atoms with Crippen molar-refractivity contribution in [2.45, 2.75) is 31.3 Å². The number of rotatable bonds is 8. The van der Waals surface area contributed by atoms with Gasteiger partial charge in [0.2, 0.25) is 5.91 Å². The van der Waals surface area contributed by atoms with Crippen molar-refractivity contribution >= 4 is 23.8 Å². The zero-order valence-corrected chi connectivity index (χ0v) is 11.3. The van der Waals surface area contributed by atoms with Crippen LogP contribution in [0.5, 0.6) is 0 Å². The van der Waals surface area contributed by atoms with Crippen LogP contribution in [0.3, 0.4) is 0 Å². The Balaban J connectivity index is 4.56. The molecule has 114 valence electrons. The molecule has 0 aliphatic carbocycles. The molecule has 0 spiro atoms. The van der Waals surface area contributed by atoms with E-state index in [4.69, 9.17) is 10.8 Å². The van der Waals surface area contributed by atoms with E-state index in [1.165, 1.54) is 7.11 Å². The number of amides is 1. The molecule has 9 heteroatoms. The standard InChI is InChI=1S/C11H18N2O7/c1-19-9(16)4-3-7(11(18)20-2)13-10(17)6(12)5-8(14)15/h6-7H,3-5,12H2,1-2H3,(H,13,17)(H,14,15). The molecule has 0 saturated carbocycles. The highest BCUT2D eigenvalue weighted by Gasteiger charge is 2.26. The number of carbonyl (C=O) groups excluding carboxylic acids is 3. The van der Waals surface area contributed by atoms with Crippen molar-refractivity contribution in [2.24, 2.45) is 5.73 Å². The Bertz CT molecular complexity index is 383. The number of ether oxygens (including phenoxy) is 2. The van der Waals surface area contributed by atoms with Crippen molar-refractivity contribution in [1.82, 2.24) is 5.32 Å². The number of carboxylic acid groups (broad SMARTS) is 1. The molecule has 0 radical (unpaired) electrons. The Hall–Kier alpha value is -2.16. The average Bonchev–Trinajstić information content (AvgIpc) is 2.40. The summed E-state index contributed by atoms with van der Waals surface area (Å²) in [7, 11) is 2.31. The van der Waals surface area contributed by atoms with Gasteiger partial charge in [0.25, 0.3) is 0 Å². The van der Waals surface area contributed by atoms with Crippen LogP contribution in [0.15, 0.2) is 0 Å². The SMILES string of the molecule is COC(=O)CCC(NC(=O)C(N)CC(=O)O)C(=O)OC. The second-order valence-electron chi connectivity index (χ2n) is 3.90. The van der Waals surface area contributed by atoms with Crippen LogP contribution < -0.4 is 11.1 Å². The molecule has 1 amide bonds. The maximum absolute atomic E-state index is 11.6. The van der Waals surface area contributed by atoms with E-state index in [0.29, 0.717) is 0 Å². The predicted octanol–water partition coefficient (Wildman–Crippen LogP) is -1.60. The molecule has 0 aromatic carbocycles. The van der Waals surface area contributed by atoms with Crippen LogP contribution >= 0.6 is 0 Å². The van der Waals surface area contributed by atoms with Gasteiger partial charge in [-0.25, -0.2) is 4.79 Å². The first-order valence-electron chi connectivity index (χ1n) is 5.74. The zero-order chi connectivity index (χ0) is 15.7. The molecule has 2 atom stereocenters. The summed E-state index contributed by atoms with van der Waals surface area (Å²) in [5.74, 6) is -3.36. The molecule has 20 heavy (non-hydrogen) atoms. The largest absolute Gasteiger partial charge is 0.481 e. The second-order valence-corrected chi connectivity index (χ2v) is 3.90. The summed E-state index contributed by atoms with van der Waals surface area (Å²) in [4.78, 5) is 44.5. The summed E-state index contributed by atoms with van der Waals surface area (Å²) in [6.07, 6.45) is -0.716. The van der Waals surface area contributed by atoms with E-state index in [2.05, 4.69) is 14.8 Å². The molecule has 2 unspecified atom stereocenters. The molecule has 0 heterocycles. The van der Waals surface area contributed by atoms with Crippen molar-refractivity contribution in [3.05, 3.63) is 0 Å². The number of hydrogen-bond donors (Lipinski definition) is 3. The highest BCUT2D eigenvalue weighted by atomic mass is 16.5. The zero-order valence-electron chi connectivity index (χ0n) is 11.3. The molecule has 0 rings (SSSR count). The van der Waals surface area contributed by atoms with E-state index in [1.807, 2.05) is 0 Å². The van der Waals surface area contributed by atoms with Gasteiger partial charge in [-0.3, -0.25) is 14.4 Å². The quantitative estimate of drug-likeness (QED) is 0.453. The highest BCUT2D eigenvalue weighted by Crippen LogP contribution is 2.02. The van der Waals surface area contributed by atoms with E-state index in [0.717, 1.165) is 7.11 Å². The Morgan fingerprint density at radius 1 is 1.20 bits per heavy atom. The van der Waals surface area contributed by atoms with Crippen molar-refractivity contribution < 1.29 is 33.8 Å². The predicted molar refractivity (Wildman–Crippen MR) is 65.4 cm³/mol. The van der Waals surface area contributed by atoms with Gasteiger partial charge in [-0.15, -0.1) is 0 Å². The van der Waals surface area contributed by atoms with Crippen LogP contribution in [0.4, 0.5) is 0 Å². The lowest BCUT2D eigenvalue weighted by molar-refractivity contribution is -0.146. The van der Waals surface area contributed by atoms with Crippen LogP contribution in [-0.2, 0) is 28.7 Å². The smallest absolute Gasteiger partial charge is 0.328 e. The maximum atomic E-state index is 11.6. The number of carbonyl (C=O) groups is 4. The summed E-state index contributed by atoms with van der Waals surface area (Å²) in [5.41, 5.74) is 5.35. The lowest BCUT2D eigenvalue weighted by Gasteiger charge is -2.18. The van der Waals surface area contributed by atoms with E-state index >= 15 is 0 Å². The number of carboxylic acids is 1. The van der Waals surface area contributed by atoms with Gasteiger partial charge in [0, 0.05) is 6.42 Å². The van der Waals surface area contributed by atoms with E-state index in [1.54, 1.807) is 0 Å². The average molecular weight is 290 g/mol. The minimum Gasteiger partial charge on any atom is -0.481 e. The third-order valence-electron chi connectivity index (χ3n) is 2.40. The summed E-state index contributed by atoms with van der Waals surface area (Å²) >= 11 is 0. The summed E-state index contributed by atoms with van der Waals surface area (Å²) in [6.45, 7) is 0. The molecule has 0 aliphatic heterocycles. The Morgan fingerprint density at radius 2 is 1.80 bits per heavy atom. The number of esters is 2. The summed E-state index contributed by atoms with van der Waals surface area (Å²) in [5, 5.41) is 10.8. The normalized spacial score (nSPS) is 12.9. The maximum Gasteiger partial charge on any atom is 0.328 e. The van der Waals surface area contributed by atoms with Gasteiger partial charge in [0.15, 0.2) is 0 Å². The fourth-order valence-electron chi connectivity index (χ4n) is 1.32. The molecule has 9 nitrogen and oxygen atoms in total. The van der Waals surface area contributed by atoms with E-state index in [-0.39, 0.29) is 12.8 Å². The summed E-state index contributed by atoms with van der Waals surface area (Å²) < 4.78 is 8.89. The molecule has 0 aromatic heterocycles. The van der Waals surface area contributed by atoms with Gasteiger partial charge in [-0.2, -0.15) is 0 Å². The third kappa shape index (κ3) is 6.69. The van der Waals surface area contributed by atoms with E-state index in [9.17, 15) is 19.2 Å². The lowest BCUT2D eigenvalue weighted by atomic mass is 10.1. The monoisotopic (exact) mass is 290 g/mol. The van der Waals surface area contributed by atoms with Crippen molar-refractivity contribution in [3.8, 4) is 0 Å². The topological polar surface area (TPSA) is 145 Å². The fourth-order valence-corrected chi connectivity index (χ4v) is 1.32. The number of hydrogen-bond acceptors (Lipinski definition) is 7. The van der Waals surface area contributed by atoms with Crippen LogP contribution in [0.1, 0.15) is 19.3 Å². The van der Waals surface area contributed by atoms with Gasteiger partial charge >= 0.3 is 17.9 Å². The minimum absolute atomic E-state index is 0.0368. The Kier molecular flexibility index (Phi) is 7.90. The second kappa shape index (κ2) is 8.86. The number of nitrogens with two attached hydrogens (primary N) is 1. The van der Waals surface area contributed by atoms with Crippen molar-refractivity contribution in [2.75, 3.05) is 14.2 Å². The van der Waals surface area contributed by atoms with Gasteiger partial charge in [-0.1, -0.05) is 0 Å². The van der Waals surface area contributed by atoms with Crippen molar-refractivity contribution in [1.29, 1.82) is 0 Å². The molecule has 0 fully saturated rings. The number of methoxy groups -OCH3 is 2. The summed E-state index contributed by atoms with van der Waals surface area (Å²) in [6, 6.07) is -2.38. The molecular weight excluding hydrogens is 272 g/mol. The van der Waals surface area contributed by atoms with Gasteiger partial charge < -0.3 is 25.6 Å². The lowest BCUT2D eigenvalue weighted by Crippen LogP contribution is -2.49. The van der Waals surface area contributed by atoms with Crippen LogP contribution in [0.2, 0.25) is 0 Å². The minimum atomic E-state index is -1.29. The first-order valence-corrected chi connectivity index (χ1v) is 5.74. The Labute approximate surface area is 115 Å². The first kappa shape index (κ1) is 17.8. The van der Waals surface area contributed by atoms with Gasteiger partial charge in [0.05, 0.1) is 26.7 Å². The van der Waals surface area contributed by atoms with Crippen LogP contribution in [-0.4, -0.2) is 55.2 Å². The highest BCUT2D eigenvalue weighted by molar-refractivity contribution is 5.90. The van der Waals surface area contributed by atoms with Crippen molar-refractivity contribution in [3.63, 3.8) is 0 Å². The molecule has 0 aliphatic rings. The first-order chi connectivity index (χ1) is 9.31. The van der Waals surface area contributed by atoms with Gasteiger partial charge in [0.1, 0.15) is 6.04 Å².